The third kappa shape index (κ3) is 3.55. The summed E-state index contributed by atoms with van der Waals surface area (Å²) in [5.41, 5.74) is 0.305. The molecule has 0 aliphatic carbocycles. The highest BCUT2D eigenvalue weighted by atomic mass is 79.9. The van der Waals surface area contributed by atoms with Crippen molar-refractivity contribution in [3.63, 3.8) is 0 Å². The van der Waals surface area contributed by atoms with Crippen LogP contribution in [0.3, 0.4) is 0 Å². The molecule has 84 valence electrons. The molecule has 0 aliphatic rings. The van der Waals surface area contributed by atoms with Crippen molar-refractivity contribution in [3.05, 3.63) is 21.6 Å². The summed E-state index contributed by atoms with van der Waals surface area (Å²) in [6, 6.07) is 3.10. The van der Waals surface area contributed by atoms with Crippen LogP contribution < -0.4 is 9.46 Å². The Morgan fingerprint density at radius 3 is 2.53 bits per heavy atom. The zero-order chi connectivity index (χ0) is 11.6. The lowest BCUT2D eigenvalue weighted by Crippen LogP contribution is -2.10. The number of ether oxygens (including phenoxy) is 1. The summed E-state index contributed by atoms with van der Waals surface area (Å²) >= 11 is 9.01. The SMILES string of the molecule is COc1c(Br)cc(Cl)cc1NS(C)(=O)=O. The molecule has 0 spiro atoms. The molecule has 1 N–H and O–H groups in total. The fourth-order valence-electron chi connectivity index (χ4n) is 1.04. The summed E-state index contributed by atoms with van der Waals surface area (Å²) < 4.78 is 30.1. The molecule has 1 rings (SSSR count). The van der Waals surface area contributed by atoms with Gasteiger partial charge in [-0.1, -0.05) is 11.6 Å². The van der Waals surface area contributed by atoms with Crippen molar-refractivity contribution in [3.8, 4) is 5.75 Å². The van der Waals surface area contributed by atoms with Gasteiger partial charge in [-0.05, 0) is 28.1 Å². The first kappa shape index (κ1) is 12.6. The number of hydrogen-bond acceptors (Lipinski definition) is 3. The van der Waals surface area contributed by atoms with Gasteiger partial charge in [0, 0.05) is 5.02 Å². The first-order valence-corrected chi connectivity index (χ1v) is 6.90. The van der Waals surface area contributed by atoms with E-state index < -0.39 is 10.0 Å². The monoisotopic (exact) mass is 313 g/mol. The molecule has 0 aromatic heterocycles. The summed E-state index contributed by atoms with van der Waals surface area (Å²) in [5.74, 6) is 0.393. The van der Waals surface area contributed by atoms with Crippen molar-refractivity contribution in [2.24, 2.45) is 0 Å². The van der Waals surface area contributed by atoms with Gasteiger partial charge in [0.15, 0.2) is 5.75 Å². The Kier molecular flexibility index (Phi) is 3.86. The van der Waals surface area contributed by atoms with Gasteiger partial charge in [-0.2, -0.15) is 0 Å². The lowest BCUT2D eigenvalue weighted by molar-refractivity contribution is 0.414. The van der Waals surface area contributed by atoms with E-state index in [2.05, 4.69) is 20.7 Å². The second-order valence-corrected chi connectivity index (χ2v) is 5.88. The molecule has 7 heteroatoms. The Hall–Kier alpha value is -0.460. The number of methoxy groups -OCH3 is 1. The Morgan fingerprint density at radius 2 is 2.07 bits per heavy atom. The van der Waals surface area contributed by atoms with Crippen molar-refractivity contribution in [1.29, 1.82) is 0 Å². The van der Waals surface area contributed by atoms with Crippen molar-refractivity contribution in [1.82, 2.24) is 0 Å². The highest BCUT2D eigenvalue weighted by molar-refractivity contribution is 9.10. The Labute approximate surface area is 102 Å². The predicted octanol–water partition coefficient (Wildman–Crippen LogP) is 2.48. The van der Waals surface area contributed by atoms with E-state index in [-0.39, 0.29) is 0 Å². The summed E-state index contributed by atoms with van der Waals surface area (Å²) in [5, 5.41) is 0.411. The molecule has 0 fully saturated rings. The zero-order valence-corrected chi connectivity index (χ0v) is 11.2. The van der Waals surface area contributed by atoms with Gasteiger partial charge in [-0.25, -0.2) is 8.42 Å². The van der Waals surface area contributed by atoms with Gasteiger partial charge in [0.25, 0.3) is 0 Å². The number of nitrogens with one attached hydrogen (secondary N) is 1. The molecule has 0 bridgehead atoms. The second kappa shape index (κ2) is 4.59. The maximum Gasteiger partial charge on any atom is 0.229 e. The molecular weight excluding hydrogens is 306 g/mol. The maximum absolute atomic E-state index is 11.1. The smallest absolute Gasteiger partial charge is 0.229 e. The van der Waals surface area contributed by atoms with Gasteiger partial charge >= 0.3 is 0 Å². The fourth-order valence-corrected chi connectivity index (χ4v) is 2.57. The lowest BCUT2D eigenvalue weighted by Gasteiger charge is -2.11. The third-order valence-corrected chi connectivity index (χ3v) is 2.91. The minimum Gasteiger partial charge on any atom is -0.493 e. The van der Waals surface area contributed by atoms with Gasteiger partial charge in [0.1, 0.15) is 0 Å². The van der Waals surface area contributed by atoms with E-state index in [0.717, 1.165) is 6.26 Å². The van der Waals surface area contributed by atoms with E-state index in [1.54, 1.807) is 6.07 Å². The molecule has 1 aromatic carbocycles. The predicted molar refractivity (Wildman–Crippen MR) is 64.2 cm³/mol. The van der Waals surface area contributed by atoms with Crippen molar-refractivity contribution in [2.75, 3.05) is 18.1 Å². The van der Waals surface area contributed by atoms with E-state index in [4.69, 9.17) is 16.3 Å². The molecule has 0 amide bonds. The van der Waals surface area contributed by atoms with Crippen LogP contribution in [0.1, 0.15) is 0 Å². The summed E-state index contributed by atoms with van der Waals surface area (Å²) in [6.07, 6.45) is 1.06. The molecular formula is C8H9BrClNO3S. The molecule has 0 atom stereocenters. The fraction of sp³-hybridized carbons (Fsp3) is 0.250. The molecule has 15 heavy (non-hydrogen) atoms. The Morgan fingerprint density at radius 1 is 1.47 bits per heavy atom. The van der Waals surface area contributed by atoms with Crippen LogP contribution in [0, 0.1) is 0 Å². The summed E-state index contributed by atoms with van der Waals surface area (Å²) in [6.45, 7) is 0. The number of rotatable bonds is 3. The Bertz CT molecular complexity index is 475. The standard InChI is InChI=1S/C8H9BrClNO3S/c1-14-8-6(9)3-5(10)4-7(8)11-15(2,12)13/h3-4,11H,1-2H3. The molecule has 0 radical (unpaired) electrons. The molecule has 0 aliphatic heterocycles. The number of halogens is 2. The van der Waals surface area contributed by atoms with Gasteiger partial charge in [0.05, 0.1) is 23.5 Å². The van der Waals surface area contributed by atoms with E-state index in [1.165, 1.54) is 13.2 Å². The third-order valence-electron chi connectivity index (χ3n) is 1.51. The molecule has 0 saturated carbocycles. The first-order chi connectivity index (χ1) is 6.83. The second-order valence-electron chi connectivity index (χ2n) is 2.84. The summed E-state index contributed by atoms with van der Waals surface area (Å²) in [7, 11) is -1.91. The summed E-state index contributed by atoms with van der Waals surface area (Å²) in [4.78, 5) is 0. The van der Waals surface area contributed by atoms with E-state index in [1.807, 2.05) is 0 Å². The van der Waals surface area contributed by atoms with Gasteiger partial charge in [0.2, 0.25) is 10.0 Å². The molecule has 1 aromatic rings. The van der Waals surface area contributed by atoms with Crippen LogP contribution in [0.25, 0.3) is 0 Å². The number of sulfonamides is 1. The van der Waals surface area contributed by atoms with Gasteiger partial charge < -0.3 is 4.74 Å². The van der Waals surface area contributed by atoms with Crippen molar-refractivity contribution in [2.45, 2.75) is 0 Å². The van der Waals surface area contributed by atoms with Crippen molar-refractivity contribution < 1.29 is 13.2 Å². The van der Waals surface area contributed by atoms with Crippen LogP contribution >= 0.6 is 27.5 Å². The van der Waals surface area contributed by atoms with E-state index in [9.17, 15) is 8.42 Å². The normalized spacial score (nSPS) is 11.2. The molecule has 0 saturated heterocycles. The van der Waals surface area contributed by atoms with Crippen LogP contribution in [-0.4, -0.2) is 21.8 Å². The number of hydrogen-bond donors (Lipinski definition) is 1. The van der Waals surface area contributed by atoms with E-state index in [0.29, 0.717) is 20.9 Å². The van der Waals surface area contributed by atoms with Crippen molar-refractivity contribution >= 4 is 43.2 Å². The van der Waals surface area contributed by atoms with Crippen LogP contribution in [0.4, 0.5) is 5.69 Å². The van der Waals surface area contributed by atoms with Crippen LogP contribution in [0.2, 0.25) is 5.02 Å². The number of anilines is 1. The van der Waals surface area contributed by atoms with Gasteiger partial charge in [-0.3, -0.25) is 4.72 Å². The maximum atomic E-state index is 11.1. The highest BCUT2D eigenvalue weighted by Gasteiger charge is 2.12. The van der Waals surface area contributed by atoms with E-state index >= 15 is 0 Å². The van der Waals surface area contributed by atoms with Crippen LogP contribution in [0.15, 0.2) is 16.6 Å². The topological polar surface area (TPSA) is 55.4 Å². The largest absolute Gasteiger partial charge is 0.493 e. The average Bonchev–Trinajstić information content (AvgIpc) is 1.99. The Balaban J connectivity index is 3.27. The quantitative estimate of drug-likeness (QED) is 0.932. The number of benzene rings is 1. The minimum atomic E-state index is -3.35. The van der Waals surface area contributed by atoms with Gasteiger partial charge in [-0.15, -0.1) is 0 Å². The highest BCUT2D eigenvalue weighted by Crippen LogP contribution is 2.36. The molecule has 4 nitrogen and oxygen atoms in total. The zero-order valence-electron chi connectivity index (χ0n) is 8.04. The molecule has 0 heterocycles. The first-order valence-electron chi connectivity index (χ1n) is 3.84. The average molecular weight is 315 g/mol. The minimum absolute atomic E-state index is 0.305. The molecule has 0 unspecified atom stereocenters. The van der Waals surface area contributed by atoms with Crippen LogP contribution in [-0.2, 0) is 10.0 Å². The van der Waals surface area contributed by atoms with Crippen LogP contribution in [0.5, 0.6) is 5.75 Å². The lowest BCUT2D eigenvalue weighted by atomic mass is 10.3.